The van der Waals surface area contributed by atoms with E-state index in [0.29, 0.717) is 12.3 Å². The van der Waals surface area contributed by atoms with Gasteiger partial charge in [0.25, 0.3) is 0 Å². The van der Waals surface area contributed by atoms with E-state index in [0.717, 1.165) is 25.7 Å². The molecule has 1 aromatic rings. The van der Waals surface area contributed by atoms with Gasteiger partial charge in [0, 0.05) is 18.6 Å². The summed E-state index contributed by atoms with van der Waals surface area (Å²) >= 11 is 0. The lowest BCUT2D eigenvalue weighted by Gasteiger charge is -2.21. The van der Waals surface area contributed by atoms with Crippen LogP contribution in [0.5, 0.6) is 0 Å². The maximum atomic E-state index is 7.71. The molecule has 0 bridgehead atoms. The van der Waals surface area contributed by atoms with E-state index in [1.165, 1.54) is 41.3 Å². The van der Waals surface area contributed by atoms with Crippen molar-refractivity contribution in [3.8, 4) is 0 Å². The van der Waals surface area contributed by atoms with Crippen LogP contribution in [0.25, 0.3) is 5.57 Å². The van der Waals surface area contributed by atoms with Crippen molar-refractivity contribution < 1.29 is 0 Å². The fourth-order valence-electron chi connectivity index (χ4n) is 3.93. The van der Waals surface area contributed by atoms with Crippen LogP contribution in [0.15, 0.2) is 65.7 Å². The van der Waals surface area contributed by atoms with Crippen molar-refractivity contribution in [2.75, 3.05) is 0 Å². The quantitative estimate of drug-likeness (QED) is 0.207. The van der Waals surface area contributed by atoms with E-state index in [1.807, 2.05) is 6.21 Å². The van der Waals surface area contributed by atoms with E-state index >= 15 is 0 Å². The molecule has 0 saturated heterocycles. The lowest BCUT2D eigenvalue weighted by atomic mass is 9.85. The predicted octanol–water partition coefficient (Wildman–Crippen LogP) is 8.39. The molecule has 1 unspecified atom stereocenters. The zero-order chi connectivity index (χ0) is 21.6. The third-order valence-corrected chi connectivity index (χ3v) is 5.64. The molecule has 2 atom stereocenters. The molecule has 2 heteroatoms. The standard InChI is InChI=1S/C28H38N2/c1-4-7-8-9-13-21-30-28(19-20-29)26-18-17-25(23(6-3)14-5-2)22-27(26)24-15-11-10-12-16-24/h5,9-11,13-15,17-18,20-23,28-29H,4,6-8,12,16,19H2,1-3H3/b13-9+,14-5-,29-20?,30-21+/t23-,28?/m0/s1. The summed E-state index contributed by atoms with van der Waals surface area (Å²) in [5, 5.41) is 7.71. The summed E-state index contributed by atoms with van der Waals surface area (Å²) < 4.78 is 0. The average Bonchev–Trinajstić information content (AvgIpc) is 2.79. The summed E-state index contributed by atoms with van der Waals surface area (Å²) in [7, 11) is 0. The van der Waals surface area contributed by atoms with Crippen LogP contribution in [0.2, 0.25) is 0 Å². The summed E-state index contributed by atoms with van der Waals surface area (Å²) in [4.78, 5) is 4.85. The lowest BCUT2D eigenvalue weighted by Crippen LogP contribution is -2.05. The van der Waals surface area contributed by atoms with Crippen molar-refractivity contribution in [2.45, 2.75) is 77.7 Å². The van der Waals surface area contributed by atoms with Crippen molar-refractivity contribution in [3.63, 3.8) is 0 Å². The van der Waals surface area contributed by atoms with Gasteiger partial charge in [-0.25, -0.2) is 0 Å². The van der Waals surface area contributed by atoms with Crippen LogP contribution >= 0.6 is 0 Å². The van der Waals surface area contributed by atoms with Gasteiger partial charge in [-0.2, -0.15) is 0 Å². The van der Waals surface area contributed by atoms with Gasteiger partial charge in [-0.1, -0.05) is 81.3 Å². The first-order chi connectivity index (χ1) is 14.7. The molecule has 2 rings (SSSR count). The van der Waals surface area contributed by atoms with E-state index in [-0.39, 0.29) is 6.04 Å². The highest BCUT2D eigenvalue weighted by molar-refractivity contribution is 5.75. The van der Waals surface area contributed by atoms with Crippen molar-refractivity contribution in [3.05, 3.63) is 77.4 Å². The minimum Gasteiger partial charge on any atom is -0.313 e. The van der Waals surface area contributed by atoms with Crippen LogP contribution in [-0.2, 0) is 0 Å². The minimum atomic E-state index is -0.0176. The molecule has 1 aromatic carbocycles. The number of hydrogen-bond donors (Lipinski definition) is 1. The summed E-state index contributed by atoms with van der Waals surface area (Å²) in [6.07, 6.45) is 26.1. The molecule has 0 fully saturated rings. The molecule has 160 valence electrons. The lowest BCUT2D eigenvalue weighted by molar-refractivity contribution is 0.763. The number of allylic oxidation sites excluding steroid dienone is 8. The fourth-order valence-corrected chi connectivity index (χ4v) is 3.93. The number of benzene rings is 1. The van der Waals surface area contributed by atoms with Gasteiger partial charge in [-0.15, -0.1) is 0 Å². The van der Waals surface area contributed by atoms with Crippen molar-refractivity contribution >= 4 is 18.0 Å². The third kappa shape index (κ3) is 7.09. The summed E-state index contributed by atoms with van der Waals surface area (Å²) in [5.74, 6) is 0.439. The van der Waals surface area contributed by atoms with Gasteiger partial charge in [0.05, 0.1) is 6.04 Å². The van der Waals surface area contributed by atoms with Crippen LogP contribution in [-0.4, -0.2) is 12.4 Å². The second-order valence-corrected chi connectivity index (χ2v) is 7.87. The molecule has 1 N–H and O–H groups in total. The Morgan fingerprint density at radius 2 is 2.10 bits per heavy atom. The molecule has 1 aliphatic rings. The third-order valence-electron chi connectivity index (χ3n) is 5.64. The van der Waals surface area contributed by atoms with Gasteiger partial charge < -0.3 is 5.41 Å². The molecule has 0 aromatic heterocycles. The van der Waals surface area contributed by atoms with Crippen molar-refractivity contribution in [2.24, 2.45) is 4.99 Å². The number of nitrogens with one attached hydrogen (secondary N) is 1. The van der Waals surface area contributed by atoms with Crippen LogP contribution in [0.1, 0.15) is 94.4 Å². The molecule has 1 aliphatic carbocycles. The maximum absolute atomic E-state index is 7.71. The van der Waals surface area contributed by atoms with Crippen LogP contribution < -0.4 is 0 Å². The summed E-state index contributed by atoms with van der Waals surface area (Å²) in [5.41, 5.74) is 5.28. The molecular weight excluding hydrogens is 364 g/mol. The number of hydrogen-bond acceptors (Lipinski definition) is 2. The highest BCUT2D eigenvalue weighted by Crippen LogP contribution is 2.35. The molecule has 2 nitrogen and oxygen atoms in total. The first-order valence-electron chi connectivity index (χ1n) is 11.5. The maximum Gasteiger partial charge on any atom is 0.0803 e. The number of rotatable bonds is 12. The van der Waals surface area contributed by atoms with E-state index in [2.05, 4.69) is 81.5 Å². The largest absolute Gasteiger partial charge is 0.313 e. The van der Waals surface area contributed by atoms with Gasteiger partial charge >= 0.3 is 0 Å². The molecular formula is C28H38N2. The Hall–Kier alpha value is -2.48. The Morgan fingerprint density at radius 3 is 2.77 bits per heavy atom. The first kappa shape index (κ1) is 23.8. The molecule has 0 spiro atoms. The SMILES string of the molecule is C/C=C\[C@H](CC)c1ccc(C(CC=N)/N=C/C=C/CCCC)c(C2=CC=CCC2)c1. The Balaban J connectivity index is 2.42. The van der Waals surface area contributed by atoms with Crippen LogP contribution in [0, 0.1) is 5.41 Å². The number of nitrogens with zero attached hydrogens (tertiary/aromatic N) is 1. The van der Waals surface area contributed by atoms with Crippen LogP contribution in [0.3, 0.4) is 0 Å². The Labute approximate surface area is 183 Å². The number of unbranched alkanes of at least 4 members (excludes halogenated alkanes) is 2. The predicted molar refractivity (Wildman–Crippen MR) is 134 cm³/mol. The van der Waals surface area contributed by atoms with Gasteiger partial charge in [-0.05, 0) is 67.2 Å². The zero-order valence-corrected chi connectivity index (χ0v) is 19.0. The fraction of sp³-hybridized carbons (Fsp3) is 0.429. The molecule has 0 aliphatic heterocycles. The van der Waals surface area contributed by atoms with Gasteiger partial charge in [0.15, 0.2) is 0 Å². The molecule has 0 saturated carbocycles. The minimum absolute atomic E-state index is 0.0176. The van der Waals surface area contributed by atoms with E-state index < -0.39 is 0 Å². The smallest absolute Gasteiger partial charge is 0.0803 e. The van der Waals surface area contributed by atoms with Crippen molar-refractivity contribution in [1.29, 1.82) is 5.41 Å². The Morgan fingerprint density at radius 1 is 1.23 bits per heavy atom. The first-order valence-corrected chi connectivity index (χ1v) is 11.5. The summed E-state index contributed by atoms with van der Waals surface area (Å²) in [6.45, 7) is 6.55. The topological polar surface area (TPSA) is 36.2 Å². The normalized spacial score (nSPS) is 16.4. The number of aliphatic imine (C=N–C) groups is 1. The highest BCUT2D eigenvalue weighted by atomic mass is 14.8. The van der Waals surface area contributed by atoms with E-state index in [4.69, 9.17) is 10.4 Å². The van der Waals surface area contributed by atoms with E-state index in [9.17, 15) is 0 Å². The Kier molecular flexibility index (Phi) is 10.9. The van der Waals surface area contributed by atoms with Gasteiger partial charge in [0.1, 0.15) is 0 Å². The summed E-state index contributed by atoms with van der Waals surface area (Å²) in [6, 6.07) is 6.87. The van der Waals surface area contributed by atoms with Crippen molar-refractivity contribution in [1.82, 2.24) is 0 Å². The second kappa shape index (κ2) is 13.7. The van der Waals surface area contributed by atoms with Gasteiger partial charge in [0.2, 0.25) is 0 Å². The monoisotopic (exact) mass is 402 g/mol. The molecule has 30 heavy (non-hydrogen) atoms. The molecule has 0 heterocycles. The highest BCUT2D eigenvalue weighted by Gasteiger charge is 2.18. The van der Waals surface area contributed by atoms with Crippen LogP contribution in [0.4, 0.5) is 0 Å². The average molecular weight is 403 g/mol. The molecule has 0 amide bonds. The van der Waals surface area contributed by atoms with Gasteiger partial charge in [-0.3, -0.25) is 4.99 Å². The second-order valence-electron chi connectivity index (χ2n) is 7.87. The Bertz CT molecular complexity index is 808. The van der Waals surface area contributed by atoms with E-state index in [1.54, 1.807) is 0 Å². The molecule has 0 radical (unpaired) electrons. The zero-order valence-electron chi connectivity index (χ0n) is 19.0.